The molecule has 1 rings (SSSR count). The van der Waals surface area contributed by atoms with Crippen molar-refractivity contribution in [1.29, 1.82) is 0 Å². The first kappa shape index (κ1) is 10.4. The number of hydrogen-bond acceptors (Lipinski definition) is 6. The molecule has 0 aromatic carbocycles. The summed E-state index contributed by atoms with van der Waals surface area (Å²) in [5.74, 6) is 0. The Kier molecular flexibility index (Phi) is 3.61. The maximum atomic E-state index is 9.45. The van der Waals surface area contributed by atoms with Gasteiger partial charge in [0.05, 0.1) is 6.61 Å². The first-order chi connectivity index (χ1) is 6.20. The maximum absolute atomic E-state index is 9.45. The van der Waals surface area contributed by atoms with Crippen molar-refractivity contribution in [2.75, 3.05) is 20.8 Å². The largest absolute Gasteiger partial charge is 0.399 e. The molecule has 0 bridgehead atoms. The number of aliphatic hydroxyl groups is 2. The average Bonchev–Trinajstić information content (AvgIpc) is 2.14. The van der Waals surface area contributed by atoms with Crippen LogP contribution in [0.3, 0.4) is 0 Å². The van der Waals surface area contributed by atoms with E-state index in [9.17, 15) is 10.2 Å². The van der Waals surface area contributed by atoms with Crippen molar-refractivity contribution in [1.82, 2.24) is 0 Å². The molecular weight excluding hydrogens is 178 g/mol. The second kappa shape index (κ2) is 4.52. The van der Waals surface area contributed by atoms with Gasteiger partial charge in [-0.15, -0.1) is 0 Å². The molecule has 1 heterocycles. The Bertz CT molecular complexity index is 195. The van der Waals surface area contributed by atoms with Crippen LogP contribution in [0.15, 0.2) is 5.16 Å². The minimum Gasteiger partial charge on any atom is -0.399 e. The summed E-state index contributed by atoms with van der Waals surface area (Å²) >= 11 is 0. The van der Waals surface area contributed by atoms with Gasteiger partial charge < -0.3 is 24.5 Å². The second-order valence-electron chi connectivity index (χ2n) is 2.62. The van der Waals surface area contributed by atoms with E-state index in [4.69, 9.17) is 9.47 Å². The van der Waals surface area contributed by atoms with Gasteiger partial charge in [-0.1, -0.05) is 5.16 Å². The molecule has 1 saturated heterocycles. The molecule has 1 aliphatic rings. The summed E-state index contributed by atoms with van der Waals surface area (Å²) < 4.78 is 9.80. The van der Waals surface area contributed by atoms with Crippen molar-refractivity contribution < 1.29 is 24.5 Å². The highest BCUT2D eigenvalue weighted by molar-refractivity contribution is 5.90. The Hall–Kier alpha value is -0.690. The fourth-order valence-corrected chi connectivity index (χ4v) is 1.10. The molecule has 6 nitrogen and oxygen atoms in total. The minimum atomic E-state index is -1.13. The van der Waals surface area contributed by atoms with E-state index >= 15 is 0 Å². The van der Waals surface area contributed by atoms with Gasteiger partial charge >= 0.3 is 0 Å². The lowest BCUT2D eigenvalue weighted by Gasteiger charge is -2.31. The van der Waals surface area contributed by atoms with Crippen LogP contribution in [0.25, 0.3) is 0 Å². The van der Waals surface area contributed by atoms with Gasteiger partial charge in [0.2, 0.25) is 0 Å². The van der Waals surface area contributed by atoms with Gasteiger partial charge in [-0.25, -0.2) is 0 Å². The molecular formula is C7H13NO5. The molecule has 0 unspecified atom stereocenters. The lowest BCUT2D eigenvalue weighted by molar-refractivity contribution is -0.201. The molecule has 3 atom stereocenters. The Morgan fingerprint density at radius 1 is 1.46 bits per heavy atom. The molecule has 76 valence electrons. The Labute approximate surface area is 75.7 Å². The third-order valence-electron chi connectivity index (χ3n) is 1.78. The van der Waals surface area contributed by atoms with Crippen LogP contribution in [-0.4, -0.2) is 55.2 Å². The Balaban J connectivity index is 2.64. The molecule has 0 aliphatic carbocycles. The predicted octanol–water partition coefficient (Wildman–Crippen LogP) is -1.29. The maximum Gasteiger partial charge on any atom is 0.186 e. The van der Waals surface area contributed by atoms with Crippen molar-refractivity contribution >= 4 is 5.71 Å². The van der Waals surface area contributed by atoms with Crippen LogP contribution in [-0.2, 0) is 14.3 Å². The Morgan fingerprint density at radius 2 is 2.15 bits per heavy atom. The van der Waals surface area contributed by atoms with Crippen molar-refractivity contribution in [3.63, 3.8) is 0 Å². The van der Waals surface area contributed by atoms with Crippen molar-refractivity contribution in [3.8, 4) is 0 Å². The molecule has 6 heteroatoms. The summed E-state index contributed by atoms with van der Waals surface area (Å²) in [5.41, 5.74) is 0.253. The van der Waals surface area contributed by atoms with Crippen LogP contribution in [0.1, 0.15) is 0 Å². The zero-order valence-electron chi connectivity index (χ0n) is 7.51. The summed E-state index contributed by atoms with van der Waals surface area (Å²) in [5, 5.41) is 22.4. The Morgan fingerprint density at radius 3 is 2.69 bits per heavy atom. The van der Waals surface area contributed by atoms with Crippen LogP contribution in [0.4, 0.5) is 0 Å². The van der Waals surface area contributed by atoms with E-state index in [2.05, 4.69) is 9.99 Å². The molecule has 1 fully saturated rings. The van der Waals surface area contributed by atoms with E-state index in [0.717, 1.165) is 0 Å². The normalized spacial score (nSPS) is 37.8. The third-order valence-corrected chi connectivity index (χ3v) is 1.78. The van der Waals surface area contributed by atoms with Gasteiger partial charge in [-0.2, -0.15) is 0 Å². The van der Waals surface area contributed by atoms with E-state index in [1.165, 1.54) is 14.2 Å². The van der Waals surface area contributed by atoms with E-state index < -0.39 is 18.5 Å². The number of ether oxygens (including phenoxy) is 2. The molecule has 0 spiro atoms. The van der Waals surface area contributed by atoms with Crippen LogP contribution in [0.5, 0.6) is 0 Å². The van der Waals surface area contributed by atoms with Gasteiger partial charge in [0.25, 0.3) is 0 Å². The first-order valence-electron chi connectivity index (χ1n) is 3.81. The molecule has 2 N–H and O–H groups in total. The standard InChI is InChI=1S/C7H13NO5/c1-11-7-6(10)5(9)4(3-13-7)8-12-2/h5-7,9-10H,3H2,1-2H3/t5-,6+,7-/m0/s1. The van der Waals surface area contributed by atoms with Gasteiger partial charge in [0, 0.05) is 7.11 Å². The summed E-state index contributed by atoms with van der Waals surface area (Å²) in [6.45, 7) is 0.0879. The quantitative estimate of drug-likeness (QED) is 0.531. The summed E-state index contributed by atoms with van der Waals surface area (Å²) in [7, 11) is 2.74. The fourth-order valence-electron chi connectivity index (χ4n) is 1.10. The summed E-state index contributed by atoms with van der Waals surface area (Å²) in [6.07, 6.45) is -3.04. The predicted molar refractivity (Wildman–Crippen MR) is 43.2 cm³/mol. The van der Waals surface area contributed by atoms with Crippen LogP contribution in [0, 0.1) is 0 Å². The molecule has 0 amide bonds. The number of aliphatic hydroxyl groups excluding tert-OH is 2. The summed E-state index contributed by atoms with van der Waals surface area (Å²) in [4.78, 5) is 4.46. The van der Waals surface area contributed by atoms with E-state index in [1.54, 1.807) is 0 Å². The lowest BCUT2D eigenvalue weighted by Crippen LogP contribution is -2.51. The average molecular weight is 191 g/mol. The molecule has 0 saturated carbocycles. The van der Waals surface area contributed by atoms with E-state index in [-0.39, 0.29) is 12.3 Å². The van der Waals surface area contributed by atoms with E-state index in [0.29, 0.717) is 0 Å². The number of nitrogens with zero attached hydrogens (tertiary/aromatic N) is 1. The highest BCUT2D eigenvalue weighted by Crippen LogP contribution is 2.13. The third kappa shape index (κ3) is 2.16. The zero-order chi connectivity index (χ0) is 9.84. The molecule has 1 aliphatic heterocycles. The highest BCUT2D eigenvalue weighted by atomic mass is 16.7. The number of hydrogen-bond donors (Lipinski definition) is 2. The molecule has 13 heavy (non-hydrogen) atoms. The first-order valence-corrected chi connectivity index (χ1v) is 3.81. The fraction of sp³-hybridized carbons (Fsp3) is 0.857. The molecule has 0 aromatic rings. The van der Waals surface area contributed by atoms with Crippen molar-refractivity contribution in [3.05, 3.63) is 0 Å². The zero-order valence-corrected chi connectivity index (χ0v) is 7.51. The van der Waals surface area contributed by atoms with Crippen molar-refractivity contribution in [2.24, 2.45) is 5.16 Å². The summed E-state index contributed by atoms with van der Waals surface area (Å²) in [6, 6.07) is 0. The smallest absolute Gasteiger partial charge is 0.186 e. The monoisotopic (exact) mass is 191 g/mol. The van der Waals surface area contributed by atoms with Crippen LogP contribution < -0.4 is 0 Å². The van der Waals surface area contributed by atoms with Gasteiger partial charge in [0.1, 0.15) is 25.0 Å². The van der Waals surface area contributed by atoms with Crippen LogP contribution >= 0.6 is 0 Å². The number of rotatable bonds is 2. The minimum absolute atomic E-state index is 0.0879. The van der Waals surface area contributed by atoms with Crippen LogP contribution in [0.2, 0.25) is 0 Å². The second-order valence-corrected chi connectivity index (χ2v) is 2.62. The number of oxime groups is 1. The topological polar surface area (TPSA) is 80.5 Å². The number of methoxy groups -OCH3 is 1. The van der Waals surface area contributed by atoms with Crippen molar-refractivity contribution in [2.45, 2.75) is 18.5 Å². The van der Waals surface area contributed by atoms with Gasteiger partial charge in [-0.05, 0) is 0 Å². The highest BCUT2D eigenvalue weighted by Gasteiger charge is 2.36. The van der Waals surface area contributed by atoms with Gasteiger partial charge in [0.15, 0.2) is 6.29 Å². The lowest BCUT2D eigenvalue weighted by atomic mass is 10.1. The molecule has 0 aromatic heterocycles. The SMILES string of the molecule is CON=C1CO[C@H](OC)[C@H](O)[C@H]1O. The molecule has 0 radical (unpaired) electrons. The van der Waals surface area contributed by atoms with E-state index in [1.807, 2.05) is 0 Å². The van der Waals surface area contributed by atoms with Gasteiger partial charge in [-0.3, -0.25) is 0 Å².